The molecule has 1 rings (SSSR count). The fourth-order valence-corrected chi connectivity index (χ4v) is 1.31. The normalized spacial score (nSPS) is 19.7. The van der Waals surface area contributed by atoms with Gasteiger partial charge in [0.15, 0.2) is 0 Å². The first-order chi connectivity index (χ1) is 6.11. The van der Waals surface area contributed by atoms with E-state index in [2.05, 4.69) is 5.32 Å². The lowest BCUT2D eigenvalue weighted by Gasteiger charge is -2.30. The van der Waals surface area contributed by atoms with Crippen molar-refractivity contribution in [3.8, 4) is 0 Å². The Bertz CT molecular complexity index is 183. The lowest BCUT2D eigenvalue weighted by molar-refractivity contribution is -0.124. The molecule has 0 heterocycles. The van der Waals surface area contributed by atoms with Gasteiger partial charge in [0.1, 0.15) is 0 Å². The van der Waals surface area contributed by atoms with Crippen LogP contribution in [0.4, 0.5) is 8.78 Å². The standard InChI is InChI=1S/C8H14F2N2O/c9-6(10)4-12-8(13)7(11)5-2-1-3-5/h5-7H,1-4,11H2,(H,12,13). The van der Waals surface area contributed by atoms with Crippen LogP contribution in [0.2, 0.25) is 0 Å². The van der Waals surface area contributed by atoms with Crippen LogP contribution in [0.15, 0.2) is 0 Å². The van der Waals surface area contributed by atoms with Crippen LogP contribution in [-0.4, -0.2) is 24.9 Å². The molecule has 1 amide bonds. The number of halogens is 2. The number of rotatable bonds is 4. The maximum atomic E-state index is 11.7. The molecule has 0 aromatic carbocycles. The maximum Gasteiger partial charge on any atom is 0.255 e. The van der Waals surface area contributed by atoms with Gasteiger partial charge < -0.3 is 11.1 Å². The van der Waals surface area contributed by atoms with Gasteiger partial charge in [-0.1, -0.05) is 6.42 Å². The molecule has 13 heavy (non-hydrogen) atoms. The second-order valence-electron chi connectivity index (χ2n) is 3.35. The van der Waals surface area contributed by atoms with E-state index < -0.39 is 24.9 Å². The number of hydrogen-bond donors (Lipinski definition) is 2. The second kappa shape index (κ2) is 4.50. The van der Waals surface area contributed by atoms with E-state index in [9.17, 15) is 13.6 Å². The molecule has 3 N–H and O–H groups in total. The molecule has 0 spiro atoms. The third-order valence-corrected chi connectivity index (χ3v) is 2.39. The third-order valence-electron chi connectivity index (χ3n) is 2.39. The van der Waals surface area contributed by atoms with Crippen molar-refractivity contribution in [2.45, 2.75) is 31.7 Å². The van der Waals surface area contributed by atoms with Crippen LogP contribution in [0.3, 0.4) is 0 Å². The van der Waals surface area contributed by atoms with Gasteiger partial charge in [0.2, 0.25) is 5.91 Å². The number of amides is 1. The van der Waals surface area contributed by atoms with Gasteiger partial charge in [-0.25, -0.2) is 8.78 Å². The van der Waals surface area contributed by atoms with Gasteiger partial charge in [0.25, 0.3) is 6.43 Å². The molecule has 0 bridgehead atoms. The highest BCUT2D eigenvalue weighted by molar-refractivity contribution is 5.81. The predicted octanol–water partition coefficient (Wildman–Crippen LogP) is 0.495. The first-order valence-corrected chi connectivity index (χ1v) is 4.42. The molecule has 0 aromatic rings. The van der Waals surface area contributed by atoms with E-state index in [1.807, 2.05) is 0 Å². The van der Waals surface area contributed by atoms with E-state index in [4.69, 9.17) is 5.73 Å². The summed E-state index contributed by atoms with van der Waals surface area (Å²) in [4.78, 5) is 11.1. The summed E-state index contributed by atoms with van der Waals surface area (Å²) < 4.78 is 23.4. The highest BCUT2D eigenvalue weighted by Gasteiger charge is 2.29. The fourth-order valence-electron chi connectivity index (χ4n) is 1.31. The number of alkyl halides is 2. The number of nitrogens with two attached hydrogens (primary N) is 1. The summed E-state index contributed by atoms with van der Waals surface area (Å²) in [6, 6.07) is -0.604. The average molecular weight is 192 g/mol. The van der Waals surface area contributed by atoms with Gasteiger partial charge in [0, 0.05) is 0 Å². The molecule has 0 saturated heterocycles. The minimum atomic E-state index is -2.50. The van der Waals surface area contributed by atoms with Gasteiger partial charge in [-0.2, -0.15) is 0 Å². The highest BCUT2D eigenvalue weighted by atomic mass is 19.3. The quantitative estimate of drug-likeness (QED) is 0.681. The fraction of sp³-hybridized carbons (Fsp3) is 0.875. The van der Waals surface area contributed by atoms with E-state index in [1.165, 1.54) is 0 Å². The van der Waals surface area contributed by atoms with Gasteiger partial charge >= 0.3 is 0 Å². The SMILES string of the molecule is NC(C(=O)NCC(F)F)C1CCC1. The van der Waals surface area contributed by atoms with E-state index in [1.54, 1.807) is 0 Å². The Kier molecular flexibility index (Phi) is 3.59. The van der Waals surface area contributed by atoms with E-state index >= 15 is 0 Å². The van der Waals surface area contributed by atoms with Gasteiger partial charge in [-0.3, -0.25) is 4.79 Å². The minimum absolute atomic E-state index is 0.192. The Balaban J connectivity index is 2.21. The number of carbonyl (C=O) groups is 1. The summed E-state index contributed by atoms with van der Waals surface area (Å²) in [7, 11) is 0. The van der Waals surface area contributed by atoms with Crippen LogP contribution in [0.5, 0.6) is 0 Å². The molecule has 1 aliphatic rings. The zero-order valence-corrected chi connectivity index (χ0v) is 7.30. The topological polar surface area (TPSA) is 55.1 Å². The summed E-state index contributed by atoms with van der Waals surface area (Å²) in [5.74, 6) is -0.261. The Morgan fingerprint density at radius 1 is 1.54 bits per heavy atom. The van der Waals surface area contributed by atoms with Crippen LogP contribution in [0.25, 0.3) is 0 Å². The molecule has 0 aromatic heterocycles. The monoisotopic (exact) mass is 192 g/mol. The Morgan fingerprint density at radius 2 is 2.15 bits per heavy atom. The third kappa shape index (κ3) is 2.91. The molecule has 1 aliphatic carbocycles. The summed E-state index contributed by atoms with van der Waals surface area (Å²) in [6.45, 7) is -0.598. The first kappa shape index (κ1) is 10.4. The van der Waals surface area contributed by atoms with Crippen molar-refractivity contribution in [1.29, 1.82) is 0 Å². The largest absolute Gasteiger partial charge is 0.349 e. The summed E-state index contributed by atoms with van der Waals surface area (Å²) in [6.07, 6.45) is 0.449. The van der Waals surface area contributed by atoms with E-state index in [-0.39, 0.29) is 5.92 Å². The number of carbonyl (C=O) groups excluding carboxylic acids is 1. The highest BCUT2D eigenvalue weighted by Crippen LogP contribution is 2.28. The van der Waals surface area contributed by atoms with E-state index in [0.29, 0.717) is 0 Å². The molecule has 1 saturated carbocycles. The molecule has 3 nitrogen and oxygen atoms in total. The second-order valence-corrected chi connectivity index (χ2v) is 3.35. The molecule has 5 heteroatoms. The van der Waals surface area contributed by atoms with Gasteiger partial charge in [-0.05, 0) is 18.8 Å². The predicted molar refractivity (Wildman–Crippen MR) is 44.3 cm³/mol. The zero-order chi connectivity index (χ0) is 9.84. The molecule has 0 aliphatic heterocycles. The molecule has 76 valence electrons. The number of hydrogen-bond acceptors (Lipinski definition) is 2. The minimum Gasteiger partial charge on any atom is -0.349 e. The summed E-state index contributed by atoms with van der Waals surface area (Å²) in [5, 5.41) is 2.12. The number of nitrogens with one attached hydrogen (secondary N) is 1. The first-order valence-electron chi connectivity index (χ1n) is 4.42. The van der Waals surface area contributed by atoms with Crippen molar-refractivity contribution >= 4 is 5.91 Å². The van der Waals surface area contributed by atoms with Crippen LogP contribution in [-0.2, 0) is 4.79 Å². The Morgan fingerprint density at radius 3 is 2.54 bits per heavy atom. The van der Waals surface area contributed by atoms with E-state index in [0.717, 1.165) is 19.3 Å². The molecular weight excluding hydrogens is 178 g/mol. The maximum absolute atomic E-state index is 11.7. The van der Waals surface area contributed by atoms with Crippen LogP contribution >= 0.6 is 0 Å². The molecule has 1 fully saturated rings. The lowest BCUT2D eigenvalue weighted by Crippen LogP contribution is -2.48. The van der Waals surface area contributed by atoms with Crippen LogP contribution in [0, 0.1) is 5.92 Å². The summed E-state index contributed by atoms with van der Waals surface area (Å²) >= 11 is 0. The van der Waals surface area contributed by atoms with Crippen LogP contribution < -0.4 is 11.1 Å². The smallest absolute Gasteiger partial charge is 0.255 e. The Labute approximate surface area is 75.7 Å². The molecule has 0 radical (unpaired) electrons. The molecule has 1 atom stereocenters. The van der Waals surface area contributed by atoms with Crippen molar-refractivity contribution in [2.75, 3.05) is 6.54 Å². The van der Waals surface area contributed by atoms with Gasteiger partial charge in [-0.15, -0.1) is 0 Å². The van der Waals surface area contributed by atoms with Gasteiger partial charge in [0.05, 0.1) is 12.6 Å². The zero-order valence-electron chi connectivity index (χ0n) is 7.30. The Hall–Kier alpha value is -0.710. The van der Waals surface area contributed by atoms with Crippen molar-refractivity contribution in [1.82, 2.24) is 5.32 Å². The van der Waals surface area contributed by atoms with Crippen molar-refractivity contribution in [3.63, 3.8) is 0 Å². The van der Waals surface area contributed by atoms with Crippen molar-refractivity contribution in [2.24, 2.45) is 11.7 Å². The molecule has 1 unspecified atom stereocenters. The average Bonchev–Trinajstić information content (AvgIpc) is 1.96. The van der Waals surface area contributed by atoms with Crippen LogP contribution in [0.1, 0.15) is 19.3 Å². The molecular formula is C8H14F2N2O. The summed E-state index contributed by atoms with van der Waals surface area (Å²) in [5.41, 5.74) is 5.55. The lowest BCUT2D eigenvalue weighted by atomic mass is 9.80. The van der Waals surface area contributed by atoms with Crippen molar-refractivity contribution < 1.29 is 13.6 Å². The van der Waals surface area contributed by atoms with Crippen molar-refractivity contribution in [3.05, 3.63) is 0 Å².